The standard InChI is InChI=1S/C20H17N3O2/c24-19-4-2-1-3-17(19)11-14-22-20(25)23-18-7-5-15(6-8-18)16-9-12-21-13-10-16/h1-14,24H,(H2,22,23,25). The molecule has 0 unspecified atom stereocenters. The van der Waals surface area contributed by atoms with Gasteiger partial charge < -0.3 is 15.7 Å². The van der Waals surface area contributed by atoms with Gasteiger partial charge in [0.05, 0.1) is 0 Å². The van der Waals surface area contributed by atoms with Gasteiger partial charge in [0, 0.05) is 29.8 Å². The summed E-state index contributed by atoms with van der Waals surface area (Å²) in [6.07, 6.45) is 6.59. The van der Waals surface area contributed by atoms with E-state index in [9.17, 15) is 9.90 Å². The Morgan fingerprint density at radius 2 is 1.60 bits per heavy atom. The molecule has 0 aliphatic rings. The van der Waals surface area contributed by atoms with Crippen molar-refractivity contribution < 1.29 is 9.90 Å². The summed E-state index contributed by atoms with van der Waals surface area (Å²) in [5, 5.41) is 15.0. The van der Waals surface area contributed by atoms with Gasteiger partial charge in [-0.1, -0.05) is 30.3 Å². The largest absolute Gasteiger partial charge is 0.507 e. The fourth-order valence-electron chi connectivity index (χ4n) is 2.29. The number of amides is 2. The second kappa shape index (κ2) is 7.79. The van der Waals surface area contributed by atoms with Gasteiger partial charge in [0.25, 0.3) is 0 Å². The van der Waals surface area contributed by atoms with Gasteiger partial charge in [0.15, 0.2) is 0 Å². The normalized spacial score (nSPS) is 10.6. The molecule has 5 heteroatoms. The van der Waals surface area contributed by atoms with E-state index in [1.807, 2.05) is 42.5 Å². The number of hydrogen-bond acceptors (Lipinski definition) is 3. The van der Waals surface area contributed by atoms with Crippen LogP contribution in [0, 0.1) is 0 Å². The average Bonchev–Trinajstić information content (AvgIpc) is 2.65. The molecule has 0 saturated carbocycles. The Labute approximate surface area is 145 Å². The van der Waals surface area contributed by atoms with Gasteiger partial charge in [-0.3, -0.25) is 4.98 Å². The van der Waals surface area contributed by atoms with E-state index in [0.29, 0.717) is 11.3 Å². The number of benzene rings is 2. The molecule has 0 radical (unpaired) electrons. The van der Waals surface area contributed by atoms with Gasteiger partial charge in [0.2, 0.25) is 0 Å². The topological polar surface area (TPSA) is 74.2 Å². The molecular weight excluding hydrogens is 314 g/mol. The Bertz CT molecular complexity index is 875. The quantitative estimate of drug-likeness (QED) is 0.669. The SMILES string of the molecule is O=C(NC=Cc1ccccc1O)Nc1ccc(-c2ccncc2)cc1. The van der Waals surface area contributed by atoms with Crippen molar-refractivity contribution in [3.05, 3.63) is 84.8 Å². The molecule has 5 nitrogen and oxygen atoms in total. The smallest absolute Gasteiger partial charge is 0.323 e. The summed E-state index contributed by atoms with van der Waals surface area (Å²) in [4.78, 5) is 15.9. The van der Waals surface area contributed by atoms with Crippen LogP contribution in [0.5, 0.6) is 5.75 Å². The van der Waals surface area contributed by atoms with Gasteiger partial charge in [-0.25, -0.2) is 4.79 Å². The number of urea groups is 1. The highest BCUT2D eigenvalue weighted by Crippen LogP contribution is 2.20. The van der Waals surface area contributed by atoms with Gasteiger partial charge in [-0.2, -0.15) is 0 Å². The van der Waals surface area contributed by atoms with Crippen molar-refractivity contribution in [2.24, 2.45) is 0 Å². The molecule has 2 amide bonds. The van der Waals surface area contributed by atoms with Gasteiger partial charge in [-0.05, 0) is 47.5 Å². The van der Waals surface area contributed by atoms with Crippen LogP contribution in [0.1, 0.15) is 5.56 Å². The third-order valence-corrected chi connectivity index (χ3v) is 3.57. The lowest BCUT2D eigenvalue weighted by molar-refractivity contribution is 0.255. The van der Waals surface area contributed by atoms with E-state index in [2.05, 4.69) is 15.6 Å². The predicted molar refractivity (Wildman–Crippen MR) is 99.0 cm³/mol. The van der Waals surface area contributed by atoms with Crippen molar-refractivity contribution >= 4 is 17.8 Å². The fourth-order valence-corrected chi connectivity index (χ4v) is 2.29. The second-order valence-corrected chi connectivity index (χ2v) is 5.30. The lowest BCUT2D eigenvalue weighted by Crippen LogP contribution is -2.23. The molecule has 0 bridgehead atoms. The van der Waals surface area contributed by atoms with E-state index in [1.54, 1.807) is 36.7 Å². The first-order valence-electron chi connectivity index (χ1n) is 7.75. The maximum absolute atomic E-state index is 11.9. The number of aromatic nitrogens is 1. The molecule has 0 aliphatic heterocycles. The summed E-state index contributed by atoms with van der Waals surface area (Å²) in [5.41, 5.74) is 3.43. The monoisotopic (exact) mass is 331 g/mol. The number of anilines is 1. The van der Waals surface area contributed by atoms with Crippen LogP contribution in [-0.4, -0.2) is 16.1 Å². The molecule has 3 aromatic rings. The number of rotatable bonds is 4. The molecule has 2 aromatic carbocycles. The maximum atomic E-state index is 11.9. The minimum absolute atomic E-state index is 0.160. The van der Waals surface area contributed by atoms with Gasteiger partial charge >= 0.3 is 6.03 Å². The molecule has 124 valence electrons. The minimum atomic E-state index is -0.358. The highest BCUT2D eigenvalue weighted by molar-refractivity contribution is 5.90. The van der Waals surface area contributed by atoms with Crippen molar-refractivity contribution in [1.29, 1.82) is 0 Å². The number of para-hydroxylation sites is 1. The molecule has 0 aliphatic carbocycles. The number of carbonyl (C=O) groups excluding carboxylic acids is 1. The average molecular weight is 331 g/mol. The molecular formula is C20H17N3O2. The first kappa shape index (κ1) is 16.3. The molecule has 3 rings (SSSR count). The van der Waals surface area contributed by atoms with Crippen LogP contribution in [0.25, 0.3) is 17.2 Å². The number of phenolic OH excluding ortho intramolecular Hbond substituents is 1. The van der Waals surface area contributed by atoms with Crippen LogP contribution in [0.15, 0.2) is 79.3 Å². The minimum Gasteiger partial charge on any atom is -0.507 e. The van der Waals surface area contributed by atoms with E-state index in [1.165, 1.54) is 6.20 Å². The number of hydrogen-bond donors (Lipinski definition) is 3. The van der Waals surface area contributed by atoms with Crippen LogP contribution in [0.2, 0.25) is 0 Å². The van der Waals surface area contributed by atoms with E-state index < -0.39 is 0 Å². The third-order valence-electron chi connectivity index (χ3n) is 3.57. The molecule has 1 heterocycles. The van der Waals surface area contributed by atoms with Gasteiger partial charge in [0.1, 0.15) is 5.75 Å². The van der Waals surface area contributed by atoms with E-state index in [-0.39, 0.29) is 11.8 Å². The maximum Gasteiger partial charge on any atom is 0.323 e. The third kappa shape index (κ3) is 4.45. The Morgan fingerprint density at radius 3 is 2.32 bits per heavy atom. The van der Waals surface area contributed by atoms with Gasteiger partial charge in [-0.15, -0.1) is 0 Å². The number of phenols is 1. The Morgan fingerprint density at radius 1 is 0.920 bits per heavy atom. The summed E-state index contributed by atoms with van der Waals surface area (Å²) in [5.74, 6) is 0.160. The lowest BCUT2D eigenvalue weighted by atomic mass is 10.1. The molecule has 0 fully saturated rings. The Kier molecular flexibility index (Phi) is 5.07. The summed E-state index contributed by atoms with van der Waals surface area (Å²) in [7, 11) is 0. The molecule has 0 atom stereocenters. The highest BCUT2D eigenvalue weighted by Gasteiger charge is 2.01. The summed E-state index contributed by atoms with van der Waals surface area (Å²) in [6, 6.07) is 17.9. The zero-order valence-corrected chi connectivity index (χ0v) is 13.4. The van der Waals surface area contributed by atoms with Crippen molar-refractivity contribution in [3.63, 3.8) is 0 Å². The van der Waals surface area contributed by atoms with Crippen molar-refractivity contribution in [3.8, 4) is 16.9 Å². The summed E-state index contributed by atoms with van der Waals surface area (Å²) >= 11 is 0. The number of nitrogens with zero attached hydrogens (tertiary/aromatic N) is 1. The van der Waals surface area contributed by atoms with Crippen LogP contribution in [-0.2, 0) is 0 Å². The molecule has 3 N–H and O–H groups in total. The number of pyridine rings is 1. The number of nitrogens with one attached hydrogen (secondary N) is 2. The van der Waals surface area contributed by atoms with Crippen molar-refractivity contribution in [1.82, 2.24) is 10.3 Å². The summed E-state index contributed by atoms with van der Waals surface area (Å²) in [6.45, 7) is 0. The second-order valence-electron chi connectivity index (χ2n) is 5.30. The number of aromatic hydroxyl groups is 1. The fraction of sp³-hybridized carbons (Fsp3) is 0. The highest BCUT2D eigenvalue weighted by atomic mass is 16.3. The Balaban J connectivity index is 1.57. The molecule has 25 heavy (non-hydrogen) atoms. The van der Waals surface area contributed by atoms with E-state index in [4.69, 9.17) is 0 Å². The predicted octanol–water partition coefficient (Wildman–Crippen LogP) is 4.25. The first-order chi connectivity index (χ1) is 12.2. The van der Waals surface area contributed by atoms with Crippen LogP contribution in [0.3, 0.4) is 0 Å². The Hall–Kier alpha value is -3.60. The van der Waals surface area contributed by atoms with Crippen LogP contribution in [0.4, 0.5) is 10.5 Å². The van der Waals surface area contributed by atoms with Crippen LogP contribution >= 0.6 is 0 Å². The molecule has 1 aromatic heterocycles. The van der Waals surface area contributed by atoms with E-state index in [0.717, 1.165) is 11.1 Å². The van der Waals surface area contributed by atoms with Crippen LogP contribution < -0.4 is 10.6 Å². The zero-order chi connectivity index (χ0) is 17.5. The first-order valence-corrected chi connectivity index (χ1v) is 7.75. The van der Waals surface area contributed by atoms with Crippen molar-refractivity contribution in [2.75, 3.05) is 5.32 Å². The van der Waals surface area contributed by atoms with Crippen molar-refractivity contribution in [2.45, 2.75) is 0 Å². The summed E-state index contributed by atoms with van der Waals surface area (Å²) < 4.78 is 0. The van der Waals surface area contributed by atoms with E-state index >= 15 is 0 Å². The molecule has 0 spiro atoms. The molecule has 0 saturated heterocycles. The lowest BCUT2D eigenvalue weighted by Gasteiger charge is -2.06. The number of carbonyl (C=O) groups is 1. The zero-order valence-electron chi connectivity index (χ0n) is 13.4.